The molecule has 5 nitrogen and oxygen atoms in total. The van der Waals surface area contributed by atoms with E-state index in [0.717, 1.165) is 45.1 Å². The van der Waals surface area contributed by atoms with Gasteiger partial charge in [-0.2, -0.15) is 5.10 Å². The molecule has 0 amide bonds. The molecule has 0 aliphatic carbocycles. The van der Waals surface area contributed by atoms with Crippen molar-refractivity contribution in [3.63, 3.8) is 0 Å². The largest absolute Gasteiger partial charge is 0.497 e. The Morgan fingerprint density at radius 3 is 2.52 bits per heavy atom. The van der Waals surface area contributed by atoms with Crippen molar-refractivity contribution < 1.29 is 4.74 Å². The van der Waals surface area contributed by atoms with Crippen LogP contribution in [0.15, 0.2) is 60.7 Å². The number of H-pyrrole nitrogens is 1. The van der Waals surface area contributed by atoms with Crippen molar-refractivity contribution >= 4 is 22.4 Å². The van der Waals surface area contributed by atoms with Gasteiger partial charge in [0.1, 0.15) is 11.6 Å². The minimum Gasteiger partial charge on any atom is -0.497 e. The third-order valence-electron chi connectivity index (χ3n) is 4.05. The second kappa shape index (κ2) is 6.28. The average Bonchev–Trinajstić information content (AvgIpc) is 3.06. The predicted molar refractivity (Wildman–Crippen MR) is 100 cm³/mol. The molecule has 0 atom stereocenters. The van der Waals surface area contributed by atoms with Crippen LogP contribution < -0.4 is 10.1 Å². The zero-order valence-corrected chi connectivity index (χ0v) is 14.1. The lowest BCUT2D eigenvalue weighted by molar-refractivity contribution is 0.415. The molecule has 0 spiro atoms. The molecule has 124 valence electrons. The van der Waals surface area contributed by atoms with Gasteiger partial charge < -0.3 is 10.1 Å². The second-order valence-corrected chi connectivity index (χ2v) is 5.87. The molecule has 2 aromatic carbocycles. The highest BCUT2D eigenvalue weighted by atomic mass is 16.5. The number of nitrogens with zero attached hydrogens (tertiary/aromatic N) is 2. The molecule has 0 aliphatic rings. The first-order valence-electron chi connectivity index (χ1n) is 8.06. The Labute approximate surface area is 145 Å². The number of pyridine rings is 1. The number of rotatable bonds is 4. The Bertz CT molecular complexity index is 1020. The third kappa shape index (κ3) is 3.04. The van der Waals surface area contributed by atoms with E-state index < -0.39 is 0 Å². The Hall–Kier alpha value is -3.34. The number of aromatic amines is 1. The van der Waals surface area contributed by atoms with Crippen LogP contribution in [-0.4, -0.2) is 22.3 Å². The fourth-order valence-electron chi connectivity index (χ4n) is 2.85. The minimum atomic E-state index is 0.747. The summed E-state index contributed by atoms with van der Waals surface area (Å²) in [6.07, 6.45) is 0. The topological polar surface area (TPSA) is 62.8 Å². The van der Waals surface area contributed by atoms with Gasteiger partial charge in [0.15, 0.2) is 5.82 Å². The molecule has 2 aromatic heterocycles. The molecule has 0 saturated carbocycles. The van der Waals surface area contributed by atoms with Crippen LogP contribution in [0, 0.1) is 6.92 Å². The lowest BCUT2D eigenvalue weighted by atomic mass is 10.0. The van der Waals surface area contributed by atoms with E-state index in [1.165, 1.54) is 0 Å². The summed E-state index contributed by atoms with van der Waals surface area (Å²) in [6.45, 7) is 1.97. The van der Waals surface area contributed by atoms with Crippen LogP contribution in [0.25, 0.3) is 22.0 Å². The maximum atomic E-state index is 5.38. The standard InChI is InChI=1S/C20H18N4O/c1-13-10-19(24-23-13)21-18-11-15-8-9-16(25-2)12-17(15)20(22-18)14-6-4-3-5-7-14/h3-12H,1-2H3,(H2,21,22,23,24). The van der Waals surface area contributed by atoms with Crippen molar-refractivity contribution in [2.75, 3.05) is 12.4 Å². The first kappa shape index (κ1) is 15.2. The fraction of sp³-hybridized carbons (Fsp3) is 0.100. The summed E-state index contributed by atoms with van der Waals surface area (Å²) in [5.41, 5.74) is 2.96. The van der Waals surface area contributed by atoms with Crippen molar-refractivity contribution in [3.05, 3.63) is 66.4 Å². The second-order valence-electron chi connectivity index (χ2n) is 5.87. The Balaban J connectivity index is 1.88. The molecular formula is C20H18N4O. The number of aromatic nitrogens is 3. The van der Waals surface area contributed by atoms with Gasteiger partial charge in [-0.05, 0) is 30.5 Å². The van der Waals surface area contributed by atoms with E-state index in [2.05, 4.69) is 27.6 Å². The quantitative estimate of drug-likeness (QED) is 0.570. The number of hydrogen-bond acceptors (Lipinski definition) is 4. The number of ether oxygens (including phenoxy) is 1. The number of fused-ring (bicyclic) bond motifs is 1. The molecule has 0 aliphatic heterocycles. The maximum absolute atomic E-state index is 5.38. The molecule has 0 saturated heterocycles. The molecule has 4 rings (SSSR count). The minimum absolute atomic E-state index is 0.747. The summed E-state index contributed by atoms with van der Waals surface area (Å²) in [5, 5.41) is 12.6. The van der Waals surface area contributed by atoms with Crippen molar-refractivity contribution in [3.8, 4) is 17.0 Å². The SMILES string of the molecule is COc1ccc2cc(Nc3cc(C)[nH]n3)nc(-c3ccccc3)c2c1. The van der Waals surface area contributed by atoms with Crippen molar-refractivity contribution in [1.82, 2.24) is 15.2 Å². The predicted octanol–water partition coefficient (Wildman–Crippen LogP) is 4.69. The highest BCUT2D eigenvalue weighted by Gasteiger charge is 2.10. The van der Waals surface area contributed by atoms with Crippen LogP contribution in [0.3, 0.4) is 0 Å². The van der Waals surface area contributed by atoms with E-state index in [1.54, 1.807) is 7.11 Å². The van der Waals surface area contributed by atoms with Crippen LogP contribution in [0.5, 0.6) is 5.75 Å². The van der Waals surface area contributed by atoms with Gasteiger partial charge in [-0.1, -0.05) is 36.4 Å². The lowest BCUT2D eigenvalue weighted by Gasteiger charge is -2.11. The van der Waals surface area contributed by atoms with Gasteiger partial charge in [0.25, 0.3) is 0 Å². The van der Waals surface area contributed by atoms with Gasteiger partial charge >= 0.3 is 0 Å². The monoisotopic (exact) mass is 330 g/mol. The Morgan fingerprint density at radius 2 is 1.80 bits per heavy atom. The van der Waals surface area contributed by atoms with E-state index in [9.17, 15) is 0 Å². The highest BCUT2D eigenvalue weighted by molar-refractivity contribution is 5.97. The number of hydrogen-bond donors (Lipinski definition) is 2. The number of anilines is 2. The van der Waals surface area contributed by atoms with Crippen LogP contribution in [0.1, 0.15) is 5.69 Å². The normalized spacial score (nSPS) is 10.8. The smallest absolute Gasteiger partial charge is 0.153 e. The van der Waals surface area contributed by atoms with E-state index in [-0.39, 0.29) is 0 Å². The first-order chi connectivity index (χ1) is 12.2. The van der Waals surface area contributed by atoms with Gasteiger partial charge in [0, 0.05) is 22.7 Å². The summed E-state index contributed by atoms with van der Waals surface area (Å²) in [6, 6.07) is 20.1. The molecule has 4 aromatic rings. The van der Waals surface area contributed by atoms with Gasteiger partial charge in [0.05, 0.1) is 12.8 Å². The van der Waals surface area contributed by atoms with Crippen LogP contribution in [0.2, 0.25) is 0 Å². The molecule has 25 heavy (non-hydrogen) atoms. The van der Waals surface area contributed by atoms with E-state index in [1.807, 2.05) is 55.5 Å². The zero-order valence-electron chi connectivity index (χ0n) is 14.1. The molecule has 0 unspecified atom stereocenters. The Kier molecular flexibility index (Phi) is 3.82. The summed E-state index contributed by atoms with van der Waals surface area (Å²) in [7, 11) is 1.67. The van der Waals surface area contributed by atoms with Crippen molar-refractivity contribution in [2.45, 2.75) is 6.92 Å². The van der Waals surface area contributed by atoms with Crippen LogP contribution in [0.4, 0.5) is 11.6 Å². The van der Waals surface area contributed by atoms with E-state index in [0.29, 0.717) is 0 Å². The van der Waals surface area contributed by atoms with Crippen LogP contribution >= 0.6 is 0 Å². The molecule has 0 bridgehead atoms. The van der Waals surface area contributed by atoms with E-state index >= 15 is 0 Å². The molecule has 5 heteroatoms. The molecule has 2 N–H and O–H groups in total. The average molecular weight is 330 g/mol. The van der Waals surface area contributed by atoms with Gasteiger partial charge in [-0.3, -0.25) is 5.10 Å². The summed E-state index contributed by atoms with van der Waals surface area (Å²) >= 11 is 0. The summed E-state index contributed by atoms with van der Waals surface area (Å²) < 4.78 is 5.38. The van der Waals surface area contributed by atoms with Crippen molar-refractivity contribution in [1.29, 1.82) is 0 Å². The highest BCUT2D eigenvalue weighted by Crippen LogP contribution is 2.32. The Morgan fingerprint density at radius 1 is 0.960 bits per heavy atom. The first-order valence-corrected chi connectivity index (χ1v) is 8.06. The van der Waals surface area contributed by atoms with E-state index in [4.69, 9.17) is 9.72 Å². The van der Waals surface area contributed by atoms with Gasteiger partial charge in [-0.25, -0.2) is 4.98 Å². The fourth-order valence-corrected chi connectivity index (χ4v) is 2.85. The maximum Gasteiger partial charge on any atom is 0.153 e. The van der Waals surface area contributed by atoms with Crippen molar-refractivity contribution in [2.24, 2.45) is 0 Å². The summed E-state index contributed by atoms with van der Waals surface area (Å²) in [5.74, 6) is 2.31. The number of aryl methyl sites for hydroxylation is 1. The number of nitrogens with one attached hydrogen (secondary N) is 2. The third-order valence-corrected chi connectivity index (χ3v) is 4.05. The molecule has 2 heterocycles. The van der Waals surface area contributed by atoms with Gasteiger partial charge in [0.2, 0.25) is 0 Å². The van der Waals surface area contributed by atoms with Crippen LogP contribution in [-0.2, 0) is 0 Å². The number of benzene rings is 2. The number of methoxy groups -OCH3 is 1. The molecule has 0 fully saturated rings. The van der Waals surface area contributed by atoms with Gasteiger partial charge in [-0.15, -0.1) is 0 Å². The zero-order chi connectivity index (χ0) is 17.2. The summed E-state index contributed by atoms with van der Waals surface area (Å²) in [4.78, 5) is 4.83. The lowest BCUT2D eigenvalue weighted by Crippen LogP contribution is -1.97. The molecular weight excluding hydrogens is 312 g/mol. The molecule has 0 radical (unpaired) electrons.